The number of ether oxygens (including phenoxy) is 2. The van der Waals surface area contributed by atoms with Gasteiger partial charge in [0.05, 0.1) is 48.1 Å². The standard InChI is InChI=1S/C28H36BrN3O3/c1-18(34-4)25-23(14-21(16-30-25)31-8-10-35-11-9-31)27-24(15-28(2,3)17-33)22-13-20(29)12-19-6-5-7-32(27)26(19)22/h12-14,16,18,33H,5-11,15,17H2,1-4H3/t18-/m0/s1. The number of methoxy groups -OCH3 is 1. The number of nitrogens with zero attached hydrogens (tertiary/aromatic N) is 3. The maximum atomic E-state index is 10.2. The van der Waals surface area contributed by atoms with Crippen LogP contribution in [0.5, 0.6) is 0 Å². The lowest BCUT2D eigenvalue weighted by Gasteiger charge is -2.30. The van der Waals surface area contributed by atoms with Crippen LogP contribution >= 0.6 is 15.9 Å². The van der Waals surface area contributed by atoms with Crippen LogP contribution in [0.4, 0.5) is 5.69 Å². The molecule has 1 fully saturated rings. The van der Waals surface area contributed by atoms with Gasteiger partial charge in [-0.3, -0.25) is 4.98 Å². The molecule has 1 N–H and O–H groups in total. The topological polar surface area (TPSA) is 59.8 Å². The number of morpholine rings is 1. The first-order chi connectivity index (χ1) is 16.8. The number of hydrogen-bond acceptors (Lipinski definition) is 5. The number of pyridine rings is 1. The number of rotatable bonds is 7. The largest absolute Gasteiger partial charge is 0.396 e. The first-order valence-electron chi connectivity index (χ1n) is 12.6. The Balaban J connectivity index is 1.81. The molecule has 0 radical (unpaired) electrons. The zero-order chi connectivity index (χ0) is 24.7. The molecule has 4 heterocycles. The Kier molecular flexibility index (Phi) is 6.96. The second-order valence-electron chi connectivity index (χ2n) is 10.6. The van der Waals surface area contributed by atoms with Crippen LogP contribution in [0.1, 0.15) is 50.1 Å². The van der Waals surface area contributed by atoms with Gasteiger partial charge in [-0.25, -0.2) is 0 Å². The second kappa shape index (κ2) is 9.85. The molecule has 6 nitrogen and oxygen atoms in total. The fraction of sp³-hybridized carbons (Fsp3) is 0.536. The summed E-state index contributed by atoms with van der Waals surface area (Å²) in [4.78, 5) is 7.34. The lowest BCUT2D eigenvalue weighted by Crippen LogP contribution is -2.36. The second-order valence-corrected chi connectivity index (χ2v) is 11.6. The van der Waals surface area contributed by atoms with Gasteiger partial charge < -0.3 is 24.0 Å². The summed E-state index contributed by atoms with van der Waals surface area (Å²) in [6.45, 7) is 10.7. The average molecular weight is 543 g/mol. The Hall–Kier alpha value is -1.93. The van der Waals surface area contributed by atoms with Crippen molar-refractivity contribution in [3.8, 4) is 11.3 Å². The van der Waals surface area contributed by atoms with Crippen molar-refractivity contribution in [1.82, 2.24) is 9.55 Å². The minimum Gasteiger partial charge on any atom is -0.396 e. The van der Waals surface area contributed by atoms with E-state index in [1.54, 1.807) is 7.11 Å². The summed E-state index contributed by atoms with van der Waals surface area (Å²) < 4.78 is 15.0. The van der Waals surface area contributed by atoms with Gasteiger partial charge in [0.2, 0.25) is 0 Å². The van der Waals surface area contributed by atoms with Gasteiger partial charge in [0, 0.05) is 48.8 Å². The number of aryl methyl sites for hydroxylation is 2. The summed E-state index contributed by atoms with van der Waals surface area (Å²) in [6.07, 6.45) is 4.81. The van der Waals surface area contributed by atoms with Gasteiger partial charge in [-0.15, -0.1) is 0 Å². The molecule has 188 valence electrons. The molecule has 3 aromatic rings. The monoisotopic (exact) mass is 541 g/mol. The Bertz CT molecular complexity index is 1230. The van der Waals surface area contributed by atoms with Gasteiger partial charge in [0.1, 0.15) is 0 Å². The predicted octanol–water partition coefficient (Wildman–Crippen LogP) is 5.52. The van der Waals surface area contributed by atoms with Crippen molar-refractivity contribution >= 4 is 32.5 Å². The van der Waals surface area contributed by atoms with Crippen LogP contribution in [0.25, 0.3) is 22.2 Å². The Morgan fingerprint density at radius 1 is 1.20 bits per heavy atom. The van der Waals surface area contributed by atoms with E-state index in [0.29, 0.717) is 0 Å². The van der Waals surface area contributed by atoms with E-state index in [0.717, 1.165) is 73.5 Å². The van der Waals surface area contributed by atoms with Crippen LogP contribution in [0.15, 0.2) is 28.9 Å². The number of benzene rings is 1. The number of aliphatic hydroxyl groups excluding tert-OH is 1. The minimum atomic E-state index is -0.243. The molecule has 35 heavy (non-hydrogen) atoms. The summed E-state index contributed by atoms with van der Waals surface area (Å²) in [5, 5.41) is 11.5. The third-order valence-electron chi connectivity index (χ3n) is 7.49. The number of hydrogen-bond donors (Lipinski definition) is 1. The molecular formula is C28H36BrN3O3. The summed E-state index contributed by atoms with van der Waals surface area (Å²) in [7, 11) is 1.75. The van der Waals surface area contributed by atoms with Crippen molar-refractivity contribution < 1.29 is 14.6 Å². The Morgan fingerprint density at radius 3 is 2.69 bits per heavy atom. The molecule has 0 bridgehead atoms. The first kappa shape index (κ1) is 24.8. The summed E-state index contributed by atoms with van der Waals surface area (Å²) >= 11 is 3.77. The lowest BCUT2D eigenvalue weighted by molar-refractivity contribution is 0.116. The van der Waals surface area contributed by atoms with E-state index in [2.05, 4.69) is 64.4 Å². The van der Waals surface area contributed by atoms with E-state index in [1.165, 1.54) is 27.7 Å². The summed E-state index contributed by atoms with van der Waals surface area (Å²) in [5.41, 5.74) is 8.19. The van der Waals surface area contributed by atoms with Gasteiger partial charge >= 0.3 is 0 Å². The number of anilines is 1. The van der Waals surface area contributed by atoms with Crippen LogP contribution in [-0.2, 0) is 28.9 Å². The molecule has 5 rings (SSSR count). The molecule has 7 heteroatoms. The predicted molar refractivity (Wildman–Crippen MR) is 144 cm³/mol. The maximum absolute atomic E-state index is 10.2. The van der Waals surface area contributed by atoms with Gasteiger partial charge in [-0.2, -0.15) is 0 Å². The van der Waals surface area contributed by atoms with Crippen LogP contribution in [0.3, 0.4) is 0 Å². The Labute approximate surface area is 216 Å². The molecule has 1 atom stereocenters. The highest BCUT2D eigenvalue weighted by Gasteiger charge is 2.30. The fourth-order valence-corrected chi connectivity index (χ4v) is 6.06. The van der Waals surface area contributed by atoms with Crippen LogP contribution in [-0.4, -0.2) is 54.7 Å². The normalized spacial score (nSPS) is 17.3. The molecule has 0 aliphatic carbocycles. The molecule has 2 aliphatic heterocycles. The average Bonchev–Trinajstić information content (AvgIpc) is 3.17. The summed E-state index contributed by atoms with van der Waals surface area (Å²) in [5.74, 6) is 0. The van der Waals surface area contributed by atoms with Crippen molar-refractivity contribution in [3.05, 3.63) is 45.7 Å². The van der Waals surface area contributed by atoms with E-state index in [4.69, 9.17) is 14.5 Å². The van der Waals surface area contributed by atoms with Gasteiger partial charge in [0.15, 0.2) is 0 Å². The van der Waals surface area contributed by atoms with E-state index in [9.17, 15) is 5.11 Å². The highest BCUT2D eigenvalue weighted by atomic mass is 79.9. The van der Waals surface area contributed by atoms with Crippen molar-refractivity contribution in [1.29, 1.82) is 0 Å². The van der Waals surface area contributed by atoms with Crippen molar-refractivity contribution in [2.24, 2.45) is 5.41 Å². The van der Waals surface area contributed by atoms with E-state index < -0.39 is 0 Å². The van der Waals surface area contributed by atoms with Crippen LogP contribution in [0.2, 0.25) is 0 Å². The van der Waals surface area contributed by atoms with Crippen molar-refractivity contribution in [3.63, 3.8) is 0 Å². The van der Waals surface area contributed by atoms with E-state index in [1.807, 2.05) is 6.20 Å². The van der Waals surface area contributed by atoms with Gasteiger partial charge in [0.25, 0.3) is 0 Å². The van der Waals surface area contributed by atoms with E-state index in [-0.39, 0.29) is 18.1 Å². The number of halogens is 1. The first-order valence-corrected chi connectivity index (χ1v) is 13.4. The lowest BCUT2D eigenvalue weighted by atomic mass is 9.84. The number of aromatic nitrogens is 2. The molecule has 1 aromatic carbocycles. The molecule has 0 saturated carbocycles. The van der Waals surface area contributed by atoms with Crippen LogP contribution in [0, 0.1) is 5.41 Å². The molecule has 0 unspecified atom stereocenters. The van der Waals surface area contributed by atoms with Crippen molar-refractivity contribution in [2.45, 2.75) is 52.7 Å². The van der Waals surface area contributed by atoms with E-state index >= 15 is 0 Å². The highest BCUT2D eigenvalue weighted by molar-refractivity contribution is 9.10. The third kappa shape index (κ3) is 4.64. The molecule has 2 aromatic heterocycles. The van der Waals surface area contributed by atoms with Crippen molar-refractivity contribution in [2.75, 3.05) is 44.9 Å². The van der Waals surface area contributed by atoms with Crippen LogP contribution < -0.4 is 4.90 Å². The fourth-order valence-electron chi connectivity index (χ4n) is 5.55. The number of aliphatic hydroxyl groups is 1. The Morgan fingerprint density at radius 2 is 1.97 bits per heavy atom. The molecule has 0 spiro atoms. The quantitative estimate of drug-likeness (QED) is 0.426. The highest BCUT2D eigenvalue weighted by Crippen LogP contribution is 2.44. The van der Waals surface area contributed by atoms with Gasteiger partial charge in [-0.05, 0) is 60.9 Å². The third-order valence-corrected chi connectivity index (χ3v) is 7.95. The zero-order valence-electron chi connectivity index (χ0n) is 21.2. The zero-order valence-corrected chi connectivity index (χ0v) is 22.8. The summed E-state index contributed by atoms with van der Waals surface area (Å²) in [6, 6.07) is 6.83. The van der Waals surface area contributed by atoms with Gasteiger partial charge in [-0.1, -0.05) is 29.8 Å². The minimum absolute atomic E-state index is 0.132. The SMILES string of the molecule is CO[C@@H](C)c1ncc(N2CCOCC2)cc1-c1c(CC(C)(C)CO)c2cc(Br)cc3c2n1CCC3. The molecule has 0 amide bonds. The molecule has 1 saturated heterocycles. The smallest absolute Gasteiger partial charge is 0.0969 e. The molecule has 2 aliphatic rings. The molecular weight excluding hydrogens is 506 g/mol. The maximum Gasteiger partial charge on any atom is 0.0969 e.